The first kappa shape index (κ1) is 32.0. The Morgan fingerprint density at radius 3 is 2.48 bits per heavy atom. The molecule has 1 spiro atoms. The number of fused-ring (bicyclic) bond motifs is 1. The fourth-order valence-electron chi connectivity index (χ4n) is 7.83. The van der Waals surface area contributed by atoms with Gasteiger partial charge in [-0.25, -0.2) is 0 Å². The second-order valence-corrected chi connectivity index (χ2v) is 13.9. The van der Waals surface area contributed by atoms with Gasteiger partial charge in [-0.3, -0.25) is 14.4 Å². The van der Waals surface area contributed by atoms with Crippen LogP contribution in [0.15, 0.2) is 73.8 Å². The number of aliphatic hydroxyl groups excluding tert-OH is 1. The Morgan fingerprint density at radius 2 is 1.84 bits per heavy atom. The van der Waals surface area contributed by atoms with E-state index in [2.05, 4.69) is 20.1 Å². The number of carbonyl (C=O) groups is 3. The third-order valence-electron chi connectivity index (χ3n) is 9.69. The van der Waals surface area contributed by atoms with Crippen LogP contribution in [0.25, 0.3) is 0 Å². The van der Waals surface area contributed by atoms with E-state index in [1.54, 1.807) is 33.7 Å². The van der Waals surface area contributed by atoms with Gasteiger partial charge in [-0.1, -0.05) is 67.6 Å². The summed E-state index contributed by atoms with van der Waals surface area (Å²) in [6.45, 7) is 14.0. The van der Waals surface area contributed by atoms with Gasteiger partial charge in [0.15, 0.2) is 0 Å². The molecule has 7 nitrogen and oxygen atoms in total. The number of rotatable bonds is 13. The summed E-state index contributed by atoms with van der Waals surface area (Å²) in [5, 5.41) is 10.7. The van der Waals surface area contributed by atoms with Crippen molar-refractivity contribution in [3.05, 3.63) is 90.5 Å². The number of likely N-dealkylation sites (tertiary alicyclic amines) is 1. The van der Waals surface area contributed by atoms with Crippen LogP contribution in [0.4, 0.5) is 5.69 Å². The molecule has 8 heteroatoms. The van der Waals surface area contributed by atoms with Crippen molar-refractivity contribution in [1.29, 1.82) is 0 Å². The number of aliphatic hydroxyl groups is 1. The SMILES string of the molecule is C=CCCCOC(=O)[C@@H]1[C@@H]2CC(C)C3(S2)C(C(=O)N(CC=C)c2c(C)cccc2C)N([C@@H](CO)Cc2ccccc2)C(=O)[C@H]13. The number of thioether (sulfide) groups is 1. The van der Waals surface area contributed by atoms with Crippen LogP contribution in [-0.4, -0.2) is 69.6 Å². The van der Waals surface area contributed by atoms with Gasteiger partial charge in [-0.2, -0.15) is 0 Å². The van der Waals surface area contributed by atoms with E-state index in [0.29, 0.717) is 19.3 Å². The highest BCUT2D eigenvalue weighted by atomic mass is 32.2. The third-order valence-corrected chi connectivity index (χ3v) is 11.8. The number of carbonyl (C=O) groups excluding carboxylic acids is 3. The molecule has 0 aromatic heterocycles. The molecule has 3 fully saturated rings. The molecule has 2 bridgehead atoms. The minimum atomic E-state index is -0.872. The number of anilines is 1. The molecule has 1 N–H and O–H groups in total. The Morgan fingerprint density at radius 1 is 1.14 bits per heavy atom. The quantitative estimate of drug-likeness (QED) is 0.187. The van der Waals surface area contributed by atoms with Crippen molar-refractivity contribution in [2.45, 2.75) is 68.5 Å². The van der Waals surface area contributed by atoms with Gasteiger partial charge in [0.25, 0.3) is 5.91 Å². The first-order valence-corrected chi connectivity index (χ1v) is 16.5. The van der Waals surface area contributed by atoms with E-state index < -0.39 is 28.7 Å². The highest BCUT2D eigenvalue weighted by molar-refractivity contribution is 8.02. The number of aryl methyl sites for hydroxylation is 2. The number of hydrogen-bond donors (Lipinski definition) is 1. The van der Waals surface area contributed by atoms with E-state index in [-0.39, 0.29) is 48.7 Å². The molecule has 0 radical (unpaired) electrons. The Kier molecular flexibility index (Phi) is 9.71. The number of benzene rings is 2. The van der Waals surface area contributed by atoms with Crippen molar-refractivity contribution < 1.29 is 24.2 Å². The van der Waals surface area contributed by atoms with Crippen LogP contribution < -0.4 is 4.90 Å². The lowest BCUT2D eigenvalue weighted by atomic mass is 9.66. The van der Waals surface area contributed by atoms with Crippen LogP contribution in [0.2, 0.25) is 0 Å². The first-order chi connectivity index (χ1) is 21.2. The monoisotopic (exact) mass is 616 g/mol. The van der Waals surface area contributed by atoms with Crippen LogP contribution in [0.1, 0.15) is 42.9 Å². The zero-order chi connectivity index (χ0) is 31.6. The molecular formula is C36H44N2O5S. The standard InChI is InChI=1S/C36H44N2O5S/c1-6-8-12-19-43-35(42)29-28-20-25(5)36(44-28)30(29)33(40)38(27(22-39)21-26-16-10-9-11-17-26)32(36)34(41)37(18-7-2)31-23(3)14-13-15-24(31)4/h6-7,9-11,13-17,25,27-30,32,39H,1-2,8,12,18-22H2,3-5H3/t25?,27-,28+,29-,30+,32?,36?/m1/s1. The van der Waals surface area contributed by atoms with E-state index in [4.69, 9.17) is 4.74 Å². The van der Waals surface area contributed by atoms with Crippen LogP contribution >= 0.6 is 11.8 Å². The van der Waals surface area contributed by atoms with E-state index in [1.807, 2.05) is 62.4 Å². The Balaban J connectivity index is 1.61. The summed E-state index contributed by atoms with van der Waals surface area (Å²) in [6.07, 6.45) is 6.01. The number of ether oxygens (including phenoxy) is 1. The number of allylic oxidation sites excluding steroid dienone is 1. The van der Waals surface area contributed by atoms with Gasteiger partial charge in [0.05, 0.1) is 35.8 Å². The average molecular weight is 617 g/mol. The van der Waals surface area contributed by atoms with Gasteiger partial charge in [-0.05, 0) is 62.1 Å². The molecule has 234 valence electrons. The highest BCUT2D eigenvalue weighted by Gasteiger charge is 2.77. The molecule has 2 aromatic carbocycles. The Bertz CT molecular complexity index is 1390. The maximum Gasteiger partial charge on any atom is 0.310 e. The van der Waals surface area contributed by atoms with Gasteiger partial charge in [0.2, 0.25) is 5.91 Å². The number of para-hydroxylation sites is 1. The number of unbranched alkanes of at least 4 members (excludes halogenated alkanes) is 1. The normalized spacial score (nSPS) is 27.6. The topological polar surface area (TPSA) is 87.2 Å². The predicted octanol–water partition coefficient (Wildman–Crippen LogP) is 5.27. The van der Waals surface area contributed by atoms with Crippen LogP contribution in [0, 0.1) is 31.6 Å². The van der Waals surface area contributed by atoms with Crippen molar-refractivity contribution in [2.75, 3.05) is 24.7 Å². The first-order valence-electron chi connectivity index (χ1n) is 15.6. The molecule has 3 heterocycles. The maximum atomic E-state index is 15.1. The summed E-state index contributed by atoms with van der Waals surface area (Å²) < 4.78 is 4.91. The van der Waals surface area contributed by atoms with E-state index in [1.165, 1.54) is 0 Å². The summed E-state index contributed by atoms with van der Waals surface area (Å²) in [5.74, 6) is -2.17. The molecule has 2 amide bonds. The third kappa shape index (κ3) is 5.40. The minimum Gasteiger partial charge on any atom is -0.465 e. The second-order valence-electron chi connectivity index (χ2n) is 12.4. The molecule has 7 atom stereocenters. The summed E-state index contributed by atoms with van der Waals surface area (Å²) in [5.41, 5.74) is 3.66. The molecule has 44 heavy (non-hydrogen) atoms. The molecule has 0 aliphatic carbocycles. The van der Waals surface area contributed by atoms with Gasteiger partial charge in [0, 0.05) is 17.5 Å². The number of hydrogen-bond acceptors (Lipinski definition) is 6. The molecule has 2 aromatic rings. The summed E-state index contributed by atoms with van der Waals surface area (Å²) >= 11 is 1.62. The minimum absolute atomic E-state index is 0.00478. The Hall–Kier alpha value is -3.36. The van der Waals surface area contributed by atoms with Crippen molar-refractivity contribution in [2.24, 2.45) is 17.8 Å². The maximum absolute atomic E-state index is 15.1. The van der Waals surface area contributed by atoms with Gasteiger partial charge in [0.1, 0.15) is 6.04 Å². The number of amides is 2. The molecule has 0 saturated carbocycles. The van der Waals surface area contributed by atoms with E-state index in [0.717, 1.165) is 28.8 Å². The van der Waals surface area contributed by atoms with E-state index in [9.17, 15) is 14.7 Å². The smallest absolute Gasteiger partial charge is 0.310 e. The fraction of sp³-hybridized carbons (Fsp3) is 0.472. The highest BCUT2D eigenvalue weighted by Crippen LogP contribution is 2.69. The molecule has 5 rings (SSSR count). The van der Waals surface area contributed by atoms with Crippen molar-refractivity contribution in [3.8, 4) is 0 Å². The van der Waals surface area contributed by atoms with Crippen molar-refractivity contribution in [3.63, 3.8) is 0 Å². The number of esters is 1. The number of nitrogens with zero attached hydrogens (tertiary/aromatic N) is 2. The van der Waals surface area contributed by atoms with Crippen molar-refractivity contribution in [1.82, 2.24) is 4.90 Å². The van der Waals surface area contributed by atoms with Gasteiger partial charge < -0.3 is 19.6 Å². The van der Waals surface area contributed by atoms with Gasteiger partial charge in [-0.15, -0.1) is 24.9 Å². The molecule has 3 aliphatic heterocycles. The zero-order valence-corrected chi connectivity index (χ0v) is 26.8. The lowest BCUT2D eigenvalue weighted by molar-refractivity contribution is -0.155. The molecule has 3 unspecified atom stereocenters. The molecule has 3 aliphatic rings. The molecular weight excluding hydrogens is 572 g/mol. The zero-order valence-electron chi connectivity index (χ0n) is 26.0. The van der Waals surface area contributed by atoms with Gasteiger partial charge >= 0.3 is 5.97 Å². The summed E-state index contributed by atoms with van der Waals surface area (Å²) in [4.78, 5) is 46.9. The predicted molar refractivity (Wildman–Crippen MR) is 175 cm³/mol. The summed E-state index contributed by atoms with van der Waals surface area (Å²) in [7, 11) is 0. The van der Waals surface area contributed by atoms with Crippen LogP contribution in [-0.2, 0) is 25.5 Å². The lowest BCUT2D eigenvalue weighted by Gasteiger charge is -2.42. The average Bonchev–Trinajstić information content (AvgIpc) is 3.61. The van der Waals surface area contributed by atoms with Crippen molar-refractivity contribution >= 4 is 35.2 Å². The Labute approximate surface area is 265 Å². The summed E-state index contributed by atoms with van der Waals surface area (Å²) in [6, 6.07) is 14.1. The second kappa shape index (κ2) is 13.3. The lowest BCUT2D eigenvalue weighted by Crippen LogP contribution is -2.59. The fourth-order valence-corrected chi connectivity index (χ4v) is 10.2. The largest absolute Gasteiger partial charge is 0.465 e. The van der Waals surface area contributed by atoms with Crippen LogP contribution in [0.5, 0.6) is 0 Å². The van der Waals surface area contributed by atoms with E-state index >= 15 is 4.79 Å². The van der Waals surface area contributed by atoms with Crippen LogP contribution in [0.3, 0.4) is 0 Å². The molecule has 3 saturated heterocycles.